The van der Waals surface area contributed by atoms with Crippen LogP contribution in [-0.4, -0.2) is 39.6 Å². The Labute approximate surface area is 189 Å². The lowest BCUT2D eigenvalue weighted by molar-refractivity contribution is 0.0773. The molecule has 0 spiro atoms. The molecule has 0 fully saturated rings. The number of anilines is 1. The molecule has 2 amide bonds. The fourth-order valence-electron chi connectivity index (χ4n) is 3.50. The number of hydrogen-bond donors (Lipinski definition) is 1. The van der Waals surface area contributed by atoms with Crippen molar-refractivity contribution in [2.24, 2.45) is 0 Å². The minimum Gasteiger partial charge on any atom is -0.339 e. The minimum atomic E-state index is -0.315. The first kappa shape index (κ1) is 21.7. The Hall–Kier alpha value is -3.52. The molecule has 0 bridgehead atoms. The molecule has 2 heterocycles. The van der Waals surface area contributed by atoms with Gasteiger partial charge in [0.15, 0.2) is 0 Å². The Balaban J connectivity index is 1.55. The van der Waals surface area contributed by atoms with E-state index in [9.17, 15) is 14.0 Å². The van der Waals surface area contributed by atoms with Gasteiger partial charge < -0.3 is 10.2 Å². The second kappa shape index (κ2) is 8.92. The van der Waals surface area contributed by atoms with Crippen LogP contribution in [0.1, 0.15) is 39.6 Å². The predicted octanol–water partition coefficient (Wildman–Crippen LogP) is 5.27. The first-order chi connectivity index (χ1) is 15.4. The maximum atomic E-state index is 13.3. The molecule has 164 valence electrons. The number of carbonyl (C=O) groups excluding carboxylic acids is 2. The van der Waals surface area contributed by atoms with Gasteiger partial charge in [-0.2, -0.15) is 5.10 Å². The molecule has 0 radical (unpaired) electrons. The second-order valence-corrected chi connectivity index (χ2v) is 8.34. The number of fused-ring (bicyclic) bond motifs is 1. The summed E-state index contributed by atoms with van der Waals surface area (Å²) in [5, 5.41) is 8.29. The molecular weight excluding hydrogens is 427 g/mol. The van der Waals surface area contributed by atoms with Crippen LogP contribution in [-0.2, 0) is 0 Å². The molecule has 0 aliphatic carbocycles. The number of benzene rings is 2. The van der Waals surface area contributed by atoms with Gasteiger partial charge in [0.1, 0.15) is 10.6 Å². The zero-order chi connectivity index (χ0) is 22.8. The van der Waals surface area contributed by atoms with Crippen molar-refractivity contribution >= 4 is 39.1 Å². The van der Waals surface area contributed by atoms with E-state index in [0.717, 1.165) is 21.6 Å². The van der Waals surface area contributed by atoms with E-state index < -0.39 is 0 Å². The normalized spacial score (nSPS) is 11.0. The quantitative estimate of drug-likeness (QED) is 0.435. The molecular formula is C24H23FN4O2S. The van der Waals surface area contributed by atoms with Crippen molar-refractivity contribution in [1.29, 1.82) is 0 Å². The first-order valence-electron chi connectivity index (χ1n) is 10.4. The van der Waals surface area contributed by atoms with Crippen LogP contribution in [0, 0.1) is 12.7 Å². The third-order valence-electron chi connectivity index (χ3n) is 5.28. The van der Waals surface area contributed by atoms with E-state index in [1.54, 1.807) is 46.0 Å². The summed E-state index contributed by atoms with van der Waals surface area (Å²) >= 11 is 1.32. The zero-order valence-electron chi connectivity index (χ0n) is 18.1. The topological polar surface area (TPSA) is 67.2 Å². The highest BCUT2D eigenvalue weighted by atomic mass is 32.1. The number of carbonyl (C=O) groups is 2. The van der Waals surface area contributed by atoms with Crippen LogP contribution < -0.4 is 5.32 Å². The van der Waals surface area contributed by atoms with Crippen molar-refractivity contribution in [3.05, 3.63) is 76.5 Å². The van der Waals surface area contributed by atoms with E-state index in [-0.39, 0.29) is 17.6 Å². The van der Waals surface area contributed by atoms with Crippen molar-refractivity contribution in [3.8, 4) is 5.69 Å². The number of amides is 2. The van der Waals surface area contributed by atoms with Crippen LogP contribution in [0.25, 0.3) is 15.9 Å². The van der Waals surface area contributed by atoms with Crippen LogP contribution in [0.2, 0.25) is 0 Å². The van der Waals surface area contributed by atoms with E-state index in [1.165, 1.54) is 23.5 Å². The maximum Gasteiger partial charge on any atom is 0.265 e. The number of nitrogens with zero attached hydrogens (tertiary/aromatic N) is 3. The highest BCUT2D eigenvalue weighted by Gasteiger charge is 2.18. The van der Waals surface area contributed by atoms with Gasteiger partial charge in [-0.1, -0.05) is 0 Å². The number of aromatic nitrogens is 2. The van der Waals surface area contributed by atoms with Crippen LogP contribution >= 0.6 is 11.3 Å². The number of halogens is 1. The van der Waals surface area contributed by atoms with Gasteiger partial charge in [-0.25, -0.2) is 9.07 Å². The van der Waals surface area contributed by atoms with Crippen molar-refractivity contribution < 1.29 is 14.0 Å². The maximum absolute atomic E-state index is 13.3. The predicted molar refractivity (Wildman–Crippen MR) is 125 cm³/mol. The van der Waals surface area contributed by atoms with E-state index in [0.29, 0.717) is 29.2 Å². The second-order valence-electron chi connectivity index (χ2n) is 7.31. The lowest BCUT2D eigenvalue weighted by Gasteiger charge is -2.18. The molecule has 0 atom stereocenters. The Morgan fingerprint density at radius 3 is 2.34 bits per heavy atom. The van der Waals surface area contributed by atoms with Gasteiger partial charge in [0.25, 0.3) is 11.8 Å². The van der Waals surface area contributed by atoms with Crippen molar-refractivity contribution in [2.75, 3.05) is 18.4 Å². The van der Waals surface area contributed by atoms with Gasteiger partial charge in [-0.05, 0) is 75.4 Å². The lowest BCUT2D eigenvalue weighted by atomic mass is 10.1. The molecule has 0 aliphatic rings. The van der Waals surface area contributed by atoms with Crippen molar-refractivity contribution in [3.63, 3.8) is 0 Å². The molecule has 32 heavy (non-hydrogen) atoms. The SMILES string of the molecule is CCN(CC)C(=O)c1ccc(NC(=O)c2cc3c(C)nn(-c4ccc(F)cc4)c3s2)cc1. The number of nitrogens with one attached hydrogen (secondary N) is 1. The standard InChI is InChI=1S/C24H23FN4O2S/c1-4-28(5-2)23(31)16-6-10-18(11-7-16)26-22(30)21-14-20-15(3)27-29(24(20)32-21)19-12-8-17(25)9-13-19/h6-14H,4-5H2,1-3H3,(H,26,30). The van der Waals surface area contributed by atoms with Gasteiger partial charge in [-0.3, -0.25) is 9.59 Å². The van der Waals surface area contributed by atoms with Gasteiger partial charge in [0, 0.05) is 29.7 Å². The summed E-state index contributed by atoms with van der Waals surface area (Å²) in [5.74, 6) is -0.581. The Bertz CT molecular complexity index is 1270. The molecule has 4 rings (SSSR count). The average Bonchev–Trinajstić information content (AvgIpc) is 3.36. The lowest BCUT2D eigenvalue weighted by Crippen LogP contribution is -2.30. The molecule has 1 N–H and O–H groups in total. The summed E-state index contributed by atoms with van der Waals surface area (Å²) in [5.41, 5.74) is 2.72. The molecule has 0 aliphatic heterocycles. The number of thiophene rings is 1. The van der Waals surface area contributed by atoms with Crippen molar-refractivity contribution in [1.82, 2.24) is 14.7 Å². The summed E-state index contributed by atoms with van der Waals surface area (Å²) in [6.45, 7) is 7.06. The highest BCUT2D eigenvalue weighted by molar-refractivity contribution is 7.20. The molecule has 0 saturated heterocycles. The molecule has 4 aromatic rings. The summed E-state index contributed by atoms with van der Waals surface area (Å²) in [6, 6.07) is 14.8. The highest BCUT2D eigenvalue weighted by Crippen LogP contribution is 2.31. The smallest absolute Gasteiger partial charge is 0.265 e. The van der Waals surface area contributed by atoms with Gasteiger partial charge in [0.2, 0.25) is 0 Å². The third-order valence-corrected chi connectivity index (χ3v) is 6.39. The monoisotopic (exact) mass is 450 g/mol. The van der Waals surface area contributed by atoms with E-state index in [2.05, 4.69) is 10.4 Å². The summed E-state index contributed by atoms with van der Waals surface area (Å²) in [7, 11) is 0. The molecule has 2 aromatic carbocycles. The average molecular weight is 451 g/mol. The summed E-state index contributed by atoms with van der Waals surface area (Å²) in [4.78, 5) is 28.4. The number of hydrogen-bond acceptors (Lipinski definition) is 4. The van der Waals surface area contributed by atoms with Crippen LogP contribution in [0.15, 0.2) is 54.6 Å². The number of aryl methyl sites for hydroxylation is 1. The van der Waals surface area contributed by atoms with Crippen LogP contribution in [0.4, 0.5) is 10.1 Å². The van der Waals surface area contributed by atoms with Gasteiger partial charge in [0.05, 0.1) is 16.3 Å². The summed E-state index contributed by atoms with van der Waals surface area (Å²) < 4.78 is 15.0. The Morgan fingerprint density at radius 1 is 1.06 bits per heavy atom. The van der Waals surface area contributed by atoms with Crippen LogP contribution in [0.3, 0.4) is 0 Å². The molecule has 8 heteroatoms. The largest absolute Gasteiger partial charge is 0.339 e. The summed E-state index contributed by atoms with van der Waals surface area (Å²) in [6.07, 6.45) is 0. The van der Waals surface area contributed by atoms with E-state index in [1.807, 2.05) is 26.8 Å². The molecule has 0 unspecified atom stereocenters. The molecule has 6 nitrogen and oxygen atoms in total. The Kier molecular flexibility index (Phi) is 6.05. The molecule has 0 saturated carbocycles. The van der Waals surface area contributed by atoms with Crippen molar-refractivity contribution in [2.45, 2.75) is 20.8 Å². The zero-order valence-corrected chi connectivity index (χ0v) is 18.9. The minimum absolute atomic E-state index is 0.0294. The number of rotatable bonds is 6. The van der Waals surface area contributed by atoms with E-state index >= 15 is 0 Å². The first-order valence-corrected chi connectivity index (χ1v) is 11.2. The van der Waals surface area contributed by atoms with Crippen LogP contribution in [0.5, 0.6) is 0 Å². The fourth-order valence-corrected chi connectivity index (χ4v) is 4.58. The third kappa shape index (κ3) is 4.13. The fraction of sp³-hybridized carbons (Fsp3) is 0.208. The van der Waals surface area contributed by atoms with Gasteiger partial charge >= 0.3 is 0 Å². The molecule has 2 aromatic heterocycles. The Morgan fingerprint density at radius 2 is 1.72 bits per heavy atom. The van der Waals surface area contributed by atoms with E-state index in [4.69, 9.17) is 0 Å². The van der Waals surface area contributed by atoms with Gasteiger partial charge in [-0.15, -0.1) is 11.3 Å².